The smallest absolute Gasteiger partial charge is 0.264 e. The first-order valence-electron chi connectivity index (χ1n) is 13.0. The van der Waals surface area contributed by atoms with E-state index in [4.69, 9.17) is 16.3 Å². The number of rotatable bonds is 12. The average Bonchev–Trinajstić information content (AvgIpc) is 2.95. The molecule has 0 aliphatic carbocycles. The zero-order valence-corrected chi connectivity index (χ0v) is 25.0. The fourth-order valence-electron chi connectivity index (χ4n) is 3.95. The van der Waals surface area contributed by atoms with E-state index in [1.165, 1.54) is 17.0 Å². The summed E-state index contributed by atoms with van der Waals surface area (Å²) in [6.07, 6.45) is 0.726. The summed E-state index contributed by atoms with van der Waals surface area (Å²) in [5.74, 6) is -0.203. The van der Waals surface area contributed by atoms with Crippen molar-refractivity contribution in [2.75, 3.05) is 18.0 Å². The number of sulfonamides is 1. The molecule has 0 aromatic heterocycles. The first kappa shape index (κ1) is 31.0. The van der Waals surface area contributed by atoms with Gasteiger partial charge in [-0.2, -0.15) is 0 Å². The number of amides is 2. The van der Waals surface area contributed by atoms with Gasteiger partial charge in [-0.15, -0.1) is 0 Å². The average molecular weight is 586 g/mol. The van der Waals surface area contributed by atoms with Gasteiger partial charge in [0.2, 0.25) is 11.8 Å². The van der Waals surface area contributed by atoms with Gasteiger partial charge in [0.25, 0.3) is 10.0 Å². The molecule has 0 aliphatic heterocycles. The van der Waals surface area contributed by atoms with Crippen LogP contribution in [0.5, 0.6) is 5.75 Å². The zero-order valence-electron chi connectivity index (χ0n) is 23.4. The quantitative estimate of drug-likeness (QED) is 0.316. The van der Waals surface area contributed by atoms with Gasteiger partial charge >= 0.3 is 0 Å². The van der Waals surface area contributed by atoms with Crippen molar-refractivity contribution in [3.63, 3.8) is 0 Å². The number of carbonyl (C=O) groups excluding carboxylic acids is 2. The lowest BCUT2D eigenvalue weighted by Gasteiger charge is -2.32. The van der Waals surface area contributed by atoms with E-state index in [2.05, 4.69) is 5.32 Å². The van der Waals surface area contributed by atoms with Crippen LogP contribution in [0.1, 0.15) is 38.3 Å². The Balaban J connectivity index is 2.01. The highest BCUT2D eigenvalue weighted by molar-refractivity contribution is 7.92. The molecule has 0 saturated heterocycles. The molecule has 8 nitrogen and oxygen atoms in total. The normalized spacial score (nSPS) is 12.8. The minimum absolute atomic E-state index is 0.0464. The van der Waals surface area contributed by atoms with E-state index >= 15 is 0 Å². The number of nitrogens with one attached hydrogen (secondary N) is 1. The van der Waals surface area contributed by atoms with Crippen LogP contribution in [0.4, 0.5) is 5.69 Å². The second kappa shape index (κ2) is 13.7. The van der Waals surface area contributed by atoms with Gasteiger partial charge in [0, 0.05) is 17.6 Å². The number of methoxy groups -OCH3 is 1. The Morgan fingerprint density at radius 3 is 2.10 bits per heavy atom. The van der Waals surface area contributed by atoms with Crippen LogP contribution in [0.25, 0.3) is 0 Å². The molecule has 40 heavy (non-hydrogen) atoms. The fourth-order valence-corrected chi connectivity index (χ4v) is 5.49. The number of carbonyl (C=O) groups is 2. The van der Waals surface area contributed by atoms with Crippen LogP contribution in [0, 0.1) is 6.92 Å². The first-order valence-corrected chi connectivity index (χ1v) is 14.9. The van der Waals surface area contributed by atoms with Gasteiger partial charge in [-0.25, -0.2) is 8.42 Å². The second-order valence-electron chi connectivity index (χ2n) is 9.66. The number of hydrogen-bond donors (Lipinski definition) is 1. The van der Waals surface area contributed by atoms with Crippen LogP contribution < -0.4 is 14.4 Å². The third-order valence-electron chi connectivity index (χ3n) is 6.68. The fraction of sp³-hybridized carbons (Fsp3) is 0.333. The Morgan fingerprint density at radius 2 is 1.55 bits per heavy atom. The number of nitrogens with zero attached hydrogens (tertiary/aromatic N) is 2. The van der Waals surface area contributed by atoms with Crippen LogP contribution >= 0.6 is 11.6 Å². The highest BCUT2D eigenvalue weighted by atomic mass is 35.5. The summed E-state index contributed by atoms with van der Waals surface area (Å²) in [5.41, 5.74) is 1.94. The molecule has 3 aromatic rings. The van der Waals surface area contributed by atoms with Gasteiger partial charge in [-0.1, -0.05) is 48.4 Å². The van der Waals surface area contributed by atoms with Crippen molar-refractivity contribution >= 4 is 39.1 Å². The van der Waals surface area contributed by atoms with E-state index in [9.17, 15) is 18.0 Å². The summed E-state index contributed by atoms with van der Waals surface area (Å²) >= 11 is 6.07. The maximum Gasteiger partial charge on any atom is 0.264 e. The van der Waals surface area contributed by atoms with Crippen LogP contribution in [-0.4, -0.2) is 50.9 Å². The summed E-state index contributed by atoms with van der Waals surface area (Å²) in [6.45, 7) is 6.92. The van der Waals surface area contributed by atoms with Crippen molar-refractivity contribution in [2.45, 2.75) is 57.6 Å². The molecule has 0 spiro atoms. The van der Waals surface area contributed by atoms with E-state index in [0.717, 1.165) is 21.9 Å². The van der Waals surface area contributed by atoms with Crippen molar-refractivity contribution in [3.05, 3.63) is 88.9 Å². The molecule has 1 N–H and O–H groups in total. The van der Waals surface area contributed by atoms with E-state index < -0.39 is 28.5 Å². The number of aryl methyl sites for hydroxylation is 1. The summed E-state index contributed by atoms with van der Waals surface area (Å²) < 4.78 is 34.0. The molecule has 2 amide bonds. The Bertz CT molecular complexity index is 1390. The molecule has 0 aliphatic rings. The largest absolute Gasteiger partial charge is 0.497 e. The van der Waals surface area contributed by atoms with Gasteiger partial charge in [0.05, 0.1) is 17.7 Å². The molecule has 0 bridgehead atoms. The lowest BCUT2D eigenvalue weighted by molar-refractivity contribution is -0.139. The minimum Gasteiger partial charge on any atom is -0.497 e. The minimum atomic E-state index is -4.14. The molecule has 0 fully saturated rings. The molecule has 0 radical (unpaired) electrons. The molecule has 0 heterocycles. The lowest BCUT2D eigenvalue weighted by atomic mass is 10.1. The second-order valence-corrected chi connectivity index (χ2v) is 12.0. The number of ether oxygens (including phenoxy) is 1. The van der Waals surface area contributed by atoms with Crippen LogP contribution in [-0.2, 0) is 26.2 Å². The summed E-state index contributed by atoms with van der Waals surface area (Å²) in [6, 6.07) is 18.8. The first-order chi connectivity index (χ1) is 19.0. The molecule has 10 heteroatoms. The SMILES string of the molecule is CCC(C)NC(=O)C(C)N(Cc1ccc(OC)cc1)C(=O)CN(c1ccc(Cl)cc1)S(=O)(=O)c1ccc(C)cc1. The van der Waals surface area contributed by atoms with Gasteiger partial charge in [-0.05, 0) is 81.3 Å². The molecule has 3 rings (SSSR count). The van der Waals surface area contributed by atoms with E-state index in [1.807, 2.05) is 20.8 Å². The zero-order chi connectivity index (χ0) is 29.4. The van der Waals surface area contributed by atoms with E-state index in [1.54, 1.807) is 74.7 Å². The monoisotopic (exact) mass is 585 g/mol. The Morgan fingerprint density at radius 1 is 0.950 bits per heavy atom. The van der Waals surface area contributed by atoms with E-state index in [0.29, 0.717) is 10.8 Å². The van der Waals surface area contributed by atoms with Gasteiger partial charge in [0.15, 0.2) is 0 Å². The van der Waals surface area contributed by atoms with E-state index in [-0.39, 0.29) is 29.1 Å². The number of benzene rings is 3. The number of anilines is 1. The molecule has 214 valence electrons. The predicted octanol–water partition coefficient (Wildman–Crippen LogP) is 5.18. The number of halogens is 1. The maximum absolute atomic E-state index is 13.9. The number of hydrogen-bond acceptors (Lipinski definition) is 5. The highest BCUT2D eigenvalue weighted by Crippen LogP contribution is 2.26. The Hall–Kier alpha value is -3.56. The van der Waals surface area contributed by atoms with Crippen molar-refractivity contribution < 1.29 is 22.7 Å². The van der Waals surface area contributed by atoms with Crippen molar-refractivity contribution in [3.8, 4) is 5.75 Å². The third kappa shape index (κ3) is 7.76. The van der Waals surface area contributed by atoms with Crippen molar-refractivity contribution in [1.29, 1.82) is 0 Å². The van der Waals surface area contributed by atoms with Crippen LogP contribution in [0.15, 0.2) is 77.7 Å². The Kier molecular flexibility index (Phi) is 10.6. The molecular formula is C30H36ClN3O5S. The summed E-state index contributed by atoms with van der Waals surface area (Å²) in [7, 11) is -2.58. The van der Waals surface area contributed by atoms with Crippen LogP contribution in [0.3, 0.4) is 0 Å². The molecule has 0 saturated carbocycles. The summed E-state index contributed by atoms with van der Waals surface area (Å²) in [4.78, 5) is 28.5. The molecular weight excluding hydrogens is 550 g/mol. The molecule has 2 unspecified atom stereocenters. The van der Waals surface area contributed by atoms with Gasteiger partial charge < -0.3 is 15.0 Å². The maximum atomic E-state index is 13.9. The van der Waals surface area contributed by atoms with Gasteiger partial charge in [-0.3, -0.25) is 13.9 Å². The lowest BCUT2D eigenvalue weighted by Crippen LogP contribution is -2.52. The van der Waals surface area contributed by atoms with Gasteiger partial charge in [0.1, 0.15) is 18.3 Å². The standard InChI is InChI=1S/C30H36ClN3O5S/c1-6-22(3)32-30(36)23(4)33(19-24-9-15-27(39-5)16-10-24)29(35)20-34(26-13-11-25(31)12-14-26)40(37,38)28-17-7-21(2)8-18-28/h7-18,22-23H,6,19-20H2,1-5H3,(H,32,36). The Labute approximate surface area is 241 Å². The topological polar surface area (TPSA) is 96.0 Å². The predicted molar refractivity (Wildman–Crippen MR) is 158 cm³/mol. The molecule has 3 aromatic carbocycles. The van der Waals surface area contributed by atoms with Crippen molar-refractivity contribution in [1.82, 2.24) is 10.2 Å². The summed E-state index contributed by atoms with van der Waals surface area (Å²) in [5, 5.41) is 3.35. The van der Waals surface area contributed by atoms with Crippen molar-refractivity contribution in [2.24, 2.45) is 0 Å². The third-order valence-corrected chi connectivity index (χ3v) is 8.72. The highest BCUT2D eigenvalue weighted by Gasteiger charge is 2.32. The molecule has 2 atom stereocenters. The van der Waals surface area contributed by atoms with Crippen LogP contribution in [0.2, 0.25) is 5.02 Å².